The van der Waals surface area contributed by atoms with Crippen molar-refractivity contribution in [2.24, 2.45) is 0 Å². The summed E-state index contributed by atoms with van der Waals surface area (Å²) in [7, 11) is 0. The molecule has 1 amide bonds. The van der Waals surface area contributed by atoms with Gasteiger partial charge in [0.2, 0.25) is 0 Å². The second kappa shape index (κ2) is 9.72. The number of carbonyl (C=O) groups is 1. The number of para-hydroxylation sites is 2. The van der Waals surface area contributed by atoms with Crippen LogP contribution in [0, 0.1) is 0 Å². The van der Waals surface area contributed by atoms with E-state index in [-0.39, 0.29) is 5.91 Å². The summed E-state index contributed by atoms with van der Waals surface area (Å²) in [4.78, 5) is 17.1. The van der Waals surface area contributed by atoms with E-state index in [1.165, 1.54) is 11.1 Å². The Kier molecular flexibility index (Phi) is 6.60. The maximum Gasteiger partial charge on any atom is 0.251 e. The molecular weight excluding hydrogens is 438 g/mol. The zero-order valence-electron chi connectivity index (χ0n) is 16.7. The third-order valence-electron chi connectivity index (χ3n) is 5.17. The third-order valence-corrected chi connectivity index (χ3v) is 5.70. The molecule has 0 aliphatic rings. The van der Waals surface area contributed by atoms with Crippen LogP contribution in [0.1, 0.15) is 28.2 Å². The van der Waals surface area contributed by atoms with Crippen molar-refractivity contribution < 1.29 is 4.79 Å². The molecule has 0 aliphatic heterocycles. The van der Waals surface area contributed by atoms with Crippen LogP contribution in [-0.2, 0) is 19.4 Å². The van der Waals surface area contributed by atoms with Gasteiger partial charge >= 0.3 is 0 Å². The van der Waals surface area contributed by atoms with Crippen molar-refractivity contribution in [3.8, 4) is 0 Å². The van der Waals surface area contributed by atoms with E-state index in [1.54, 1.807) is 0 Å². The Morgan fingerprint density at radius 1 is 0.900 bits per heavy atom. The van der Waals surface area contributed by atoms with Gasteiger partial charge in [-0.05, 0) is 54.8 Å². The van der Waals surface area contributed by atoms with E-state index in [9.17, 15) is 4.79 Å². The molecule has 0 spiro atoms. The minimum atomic E-state index is -0.0416. The smallest absolute Gasteiger partial charge is 0.251 e. The van der Waals surface area contributed by atoms with E-state index in [4.69, 9.17) is 4.98 Å². The van der Waals surface area contributed by atoms with Crippen LogP contribution >= 0.6 is 15.9 Å². The molecule has 1 N–H and O–H groups in total. The number of aromatic nitrogens is 2. The highest BCUT2D eigenvalue weighted by Crippen LogP contribution is 2.18. The van der Waals surface area contributed by atoms with Crippen LogP contribution in [0.2, 0.25) is 0 Å². The minimum Gasteiger partial charge on any atom is -0.352 e. The van der Waals surface area contributed by atoms with E-state index in [0.717, 1.165) is 41.6 Å². The van der Waals surface area contributed by atoms with Crippen molar-refractivity contribution >= 4 is 32.9 Å². The van der Waals surface area contributed by atoms with Gasteiger partial charge in [-0.2, -0.15) is 0 Å². The van der Waals surface area contributed by atoms with E-state index in [0.29, 0.717) is 12.1 Å². The Morgan fingerprint density at radius 3 is 2.43 bits per heavy atom. The van der Waals surface area contributed by atoms with E-state index >= 15 is 0 Å². The molecule has 0 saturated carbocycles. The predicted octanol–water partition coefficient (Wildman–Crippen LogP) is 5.40. The largest absolute Gasteiger partial charge is 0.352 e. The number of amides is 1. The number of benzene rings is 3. The average molecular weight is 462 g/mol. The first-order valence-electron chi connectivity index (χ1n) is 10.2. The normalized spacial score (nSPS) is 11.0. The molecule has 3 aromatic carbocycles. The highest BCUT2D eigenvalue weighted by molar-refractivity contribution is 9.10. The Balaban J connectivity index is 1.39. The highest BCUT2D eigenvalue weighted by atomic mass is 79.9. The molecule has 0 fully saturated rings. The molecule has 0 saturated heterocycles. The van der Waals surface area contributed by atoms with Crippen molar-refractivity contribution in [1.82, 2.24) is 14.9 Å². The maximum absolute atomic E-state index is 12.3. The van der Waals surface area contributed by atoms with E-state index < -0.39 is 0 Å². The Bertz CT molecular complexity index is 1120. The van der Waals surface area contributed by atoms with Crippen molar-refractivity contribution in [2.75, 3.05) is 6.54 Å². The number of nitrogens with one attached hydrogen (secondary N) is 1. The van der Waals surface area contributed by atoms with Crippen molar-refractivity contribution in [2.45, 2.75) is 25.8 Å². The second-order valence-corrected chi connectivity index (χ2v) is 8.19. The summed E-state index contributed by atoms with van der Waals surface area (Å²) in [6.07, 6.45) is 2.63. The molecular formula is C25H24BrN3O. The predicted molar refractivity (Wildman–Crippen MR) is 125 cm³/mol. The van der Waals surface area contributed by atoms with Crippen LogP contribution in [0.4, 0.5) is 0 Å². The topological polar surface area (TPSA) is 46.9 Å². The summed E-state index contributed by atoms with van der Waals surface area (Å²) < 4.78 is 3.28. The fraction of sp³-hybridized carbons (Fsp3) is 0.200. The van der Waals surface area contributed by atoms with E-state index in [2.05, 4.69) is 68.3 Å². The first kappa shape index (κ1) is 20.4. The number of hydrogen-bond acceptors (Lipinski definition) is 2. The number of halogens is 1. The van der Waals surface area contributed by atoms with Crippen LogP contribution in [-0.4, -0.2) is 22.0 Å². The first-order valence-corrected chi connectivity index (χ1v) is 11.0. The van der Waals surface area contributed by atoms with Crippen LogP contribution in [0.5, 0.6) is 0 Å². The lowest BCUT2D eigenvalue weighted by Gasteiger charge is -2.10. The van der Waals surface area contributed by atoms with Gasteiger partial charge < -0.3 is 9.88 Å². The van der Waals surface area contributed by atoms with Crippen molar-refractivity contribution in [3.05, 3.63) is 100 Å². The zero-order valence-corrected chi connectivity index (χ0v) is 18.3. The lowest BCUT2D eigenvalue weighted by molar-refractivity contribution is 0.0953. The lowest BCUT2D eigenvalue weighted by atomic mass is 10.1. The standard InChI is InChI=1S/C25H24BrN3O/c26-21-14-12-20(13-15-21)25(30)27-17-6-11-24-28-22-9-4-5-10-23(22)29(24)18-16-19-7-2-1-3-8-19/h1-5,7-10,12-15H,6,11,16-18H2,(H,27,30). The van der Waals surface area contributed by atoms with Crippen LogP contribution in [0.25, 0.3) is 11.0 Å². The van der Waals surface area contributed by atoms with Crippen LogP contribution < -0.4 is 5.32 Å². The molecule has 5 heteroatoms. The van der Waals surface area contributed by atoms with E-state index in [1.807, 2.05) is 36.4 Å². The molecule has 0 aliphatic carbocycles. The maximum atomic E-state index is 12.3. The highest BCUT2D eigenvalue weighted by Gasteiger charge is 2.11. The Labute approximate surface area is 185 Å². The Morgan fingerprint density at radius 2 is 1.63 bits per heavy atom. The molecule has 0 radical (unpaired) electrons. The van der Waals surface area contributed by atoms with Gasteiger partial charge in [-0.15, -0.1) is 0 Å². The minimum absolute atomic E-state index is 0.0416. The van der Waals surface area contributed by atoms with Crippen LogP contribution in [0.3, 0.4) is 0 Å². The molecule has 0 atom stereocenters. The summed E-state index contributed by atoms with van der Waals surface area (Å²) in [5.41, 5.74) is 4.19. The summed E-state index contributed by atoms with van der Waals surface area (Å²) in [6.45, 7) is 1.52. The van der Waals surface area contributed by atoms with Gasteiger partial charge in [0, 0.05) is 29.5 Å². The molecule has 4 nitrogen and oxygen atoms in total. The van der Waals surface area contributed by atoms with Gasteiger partial charge in [0.1, 0.15) is 5.82 Å². The first-order chi connectivity index (χ1) is 14.7. The number of fused-ring (bicyclic) bond motifs is 1. The molecule has 0 bridgehead atoms. The second-order valence-electron chi connectivity index (χ2n) is 7.27. The molecule has 4 rings (SSSR count). The van der Waals surface area contributed by atoms with Crippen molar-refractivity contribution in [1.29, 1.82) is 0 Å². The molecule has 4 aromatic rings. The molecule has 1 aromatic heterocycles. The SMILES string of the molecule is O=C(NCCCc1nc2ccccc2n1CCc1ccccc1)c1ccc(Br)cc1. The number of nitrogens with zero attached hydrogens (tertiary/aromatic N) is 2. The van der Waals surface area contributed by atoms with Gasteiger partial charge in [0.05, 0.1) is 11.0 Å². The quantitative estimate of drug-likeness (QED) is 0.356. The molecule has 1 heterocycles. The fourth-order valence-corrected chi connectivity index (χ4v) is 3.87. The third kappa shape index (κ3) is 4.97. The fourth-order valence-electron chi connectivity index (χ4n) is 3.60. The summed E-state index contributed by atoms with van der Waals surface area (Å²) in [5, 5.41) is 3.01. The van der Waals surface area contributed by atoms with Crippen molar-refractivity contribution in [3.63, 3.8) is 0 Å². The average Bonchev–Trinajstić information content (AvgIpc) is 3.13. The Hall–Kier alpha value is -2.92. The summed E-state index contributed by atoms with van der Waals surface area (Å²) in [6, 6.07) is 26.2. The number of rotatable bonds is 8. The number of aryl methyl sites for hydroxylation is 3. The zero-order chi connectivity index (χ0) is 20.8. The van der Waals surface area contributed by atoms with Gasteiger partial charge in [-0.25, -0.2) is 4.98 Å². The summed E-state index contributed by atoms with van der Waals surface area (Å²) >= 11 is 3.39. The van der Waals surface area contributed by atoms with Gasteiger partial charge in [-0.1, -0.05) is 58.4 Å². The monoisotopic (exact) mass is 461 g/mol. The molecule has 152 valence electrons. The number of imidazole rings is 1. The van der Waals surface area contributed by atoms with Crippen LogP contribution in [0.15, 0.2) is 83.3 Å². The van der Waals surface area contributed by atoms with Gasteiger partial charge in [-0.3, -0.25) is 4.79 Å². The molecule has 30 heavy (non-hydrogen) atoms. The molecule has 0 unspecified atom stereocenters. The number of carbonyl (C=O) groups excluding carboxylic acids is 1. The lowest BCUT2D eigenvalue weighted by Crippen LogP contribution is -2.25. The van der Waals surface area contributed by atoms with Gasteiger partial charge in [0.25, 0.3) is 5.91 Å². The van der Waals surface area contributed by atoms with Gasteiger partial charge in [0.15, 0.2) is 0 Å². The summed E-state index contributed by atoms with van der Waals surface area (Å²) in [5.74, 6) is 1.03. The number of hydrogen-bond donors (Lipinski definition) is 1.